The Balaban J connectivity index is 3.20. The number of sulfonamides is 1. The number of hydrogen-bond donors (Lipinski definition) is 0. The van der Waals surface area contributed by atoms with Gasteiger partial charge in [-0.2, -0.15) is 4.31 Å². The fourth-order valence-corrected chi connectivity index (χ4v) is 3.76. The zero-order valence-electron chi connectivity index (χ0n) is 15.8. The Labute approximate surface area is 149 Å². The van der Waals surface area contributed by atoms with Crippen LogP contribution in [-0.2, 0) is 19.6 Å². The van der Waals surface area contributed by atoms with E-state index in [1.165, 1.54) is 32.4 Å². The highest BCUT2D eigenvalue weighted by atomic mass is 32.2. The molecule has 1 aromatic carbocycles. The van der Waals surface area contributed by atoms with Crippen LogP contribution in [0.15, 0.2) is 23.1 Å². The fourth-order valence-electron chi connectivity index (χ4n) is 2.16. The Kier molecular flexibility index (Phi) is 6.84. The van der Waals surface area contributed by atoms with Crippen molar-refractivity contribution in [3.05, 3.63) is 18.2 Å². The summed E-state index contributed by atoms with van der Waals surface area (Å²) >= 11 is 0. The molecule has 1 rings (SSSR count). The molecule has 0 amide bonds. The summed E-state index contributed by atoms with van der Waals surface area (Å²) in [6.07, 6.45) is 0. The van der Waals surface area contributed by atoms with Gasteiger partial charge in [-0.05, 0) is 46.8 Å². The van der Waals surface area contributed by atoms with E-state index in [1.807, 2.05) is 0 Å². The highest BCUT2D eigenvalue weighted by molar-refractivity contribution is 7.89. The average Bonchev–Trinajstić information content (AvgIpc) is 2.49. The van der Waals surface area contributed by atoms with Crippen molar-refractivity contribution in [2.45, 2.75) is 51.2 Å². The molecule has 0 spiro atoms. The second kappa shape index (κ2) is 8.05. The predicted octanol–water partition coefficient (Wildman–Crippen LogP) is 2.44. The molecule has 0 fully saturated rings. The first kappa shape index (κ1) is 21.2. The summed E-state index contributed by atoms with van der Waals surface area (Å²) in [7, 11) is -1.02. The molecule has 25 heavy (non-hydrogen) atoms. The van der Waals surface area contributed by atoms with E-state index in [2.05, 4.69) is 0 Å². The first-order valence-electron chi connectivity index (χ1n) is 7.88. The fraction of sp³-hybridized carbons (Fsp3) is 0.588. The molecule has 142 valence electrons. The molecule has 0 atom stereocenters. The van der Waals surface area contributed by atoms with Crippen LogP contribution in [0.25, 0.3) is 0 Å². The van der Waals surface area contributed by atoms with Gasteiger partial charge in [0.2, 0.25) is 10.0 Å². The highest BCUT2D eigenvalue weighted by Crippen LogP contribution is 2.31. The molecule has 0 aliphatic carbocycles. The minimum Gasteiger partial charge on any atom is -0.493 e. The van der Waals surface area contributed by atoms with Gasteiger partial charge in [0.05, 0.1) is 19.1 Å². The van der Waals surface area contributed by atoms with Crippen molar-refractivity contribution in [2.24, 2.45) is 0 Å². The van der Waals surface area contributed by atoms with Crippen molar-refractivity contribution in [3.63, 3.8) is 0 Å². The first-order valence-corrected chi connectivity index (χ1v) is 9.32. The normalized spacial score (nSPS) is 12.4. The van der Waals surface area contributed by atoms with Gasteiger partial charge in [-0.15, -0.1) is 0 Å². The topological polar surface area (TPSA) is 82.1 Å². The SMILES string of the molecule is COc1ccc(S(=O)(=O)N(CC(=O)OC(C)(C)C)C(C)C)cc1OC. The minimum absolute atomic E-state index is 0.0161. The van der Waals surface area contributed by atoms with Crippen molar-refractivity contribution in [1.82, 2.24) is 4.31 Å². The van der Waals surface area contributed by atoms with Gasteiger partial charge in [0.1, 0.15) is 12.1 Å². The van der Waals surface area contributed by atoms with Gasteiger partial charge in [-0.1, -0.05) is 0 Å². The number of esters is 1. The van der Waals surface area contributed by atoms with Crippen LogP contribution in [0.5, 0.6) is 11.5 Å². The molecule has 0 N–H and O–H groups in total. The lowest BCUT2D eigenvalue weighted by atomic mass is 10.2. The third-order valence-corrected chi connectivity index (χ3v) is 5.26. The summed E-state index contributed by atoms with van der Waals surface area (Å²) in [6.45, 7) is 8.21. The Morgan fingerprint density at radius 3 is 2.12 bits per heavy atom. The number of carbonyl (C=O) groups excluding carboxylic acids is 1. The number of carbonyl (C=O) groups is 1. The summed E-state index contributed by atoms with van der Waals surface area (Å²) in [6, 6.07) is 3.88. The van der Waals surface area contributed by atoms with Crippen LogP contribution in [0.3, 0.4) is 0 Å². The summed E-state index contributed by atoms with van der Waals surface area (Å²) in [4.78, 5) is 12.1. The zero-order chi connectivity index (χ0) is 19.4. The molecule has 0 bridgehead atoms. The lowest BCUT2D eigenvalue weighted by Crippen LogP contribution is -2.42. The number of ether oxygens (including phenoxy) is 3. The maximum atomic E-state index is 13.0. The molecular formula is C17H27NO6S. The second-order valence-corrected chi connectivity index (χ2v) is 8.64. The maximum absolute atomic E-state index is 13.0. The second-order valence-electron chi connectivity index (χ2n) is 6.75. The van der Waals surface area contributed by atoms with E-state index in [9.17, 15) is 13.2 Å². The molecule has 7 nitrogen and oxygen atoms in total. The molecule has 0 unspecified atom stereocenters. The molecule has 1 aromatic rings. The van der Waals surface area contributed by atoms with Crippen molar-refractivity contribution in [1.29, 1.82) is 0 Å². The lowest BCUT2D eigenvalue weighted by Gasteiger charge is -2.27. The minimum atomic E-state index is -3.91. The van der Waals surface area contributed by atoms with Gasteiger partial charge < -0.3 is 14.2 Å². The Bertz CT molecular complexity index is 706. The van der Waals surface area contributed by atoms with Crippen molar-refractivity contribution in [3.8, 4) is 11.5 Å². The molecule has 8 heteroatoms. The maximum Gasteiger partial charge on any atom is 0.321 e. The van der Waals surface area contributed by atoms with Crippen LogP contribution in [0.1, 0.15) is 34.6 Å². The van der Waals surface area contributed by atoms with Crippen LogP contribution < -0.4 is 9.47 Å². The number of hydrogen-bond acceptors (Lipinski definition) is 6. The van der Waals surface area contributed by atoms with E-state index in [0.29, 0.717) is 11.5 Å². The quantitative estimate of drug-likeness (QED) is 0.683. The number of methoxy groups -OCH3 is 2. The number of rotatable bonds is 7. The van der Waals surface area contributed by atoms with Crippen molar-refractivity contribution < 1.29 is 27.4 Å². The van der Waals surface area contributed by atoms with Gasteiger partial charge >= 0.3 is 5.97 Å². The molecule has 0 saturated carbocycles. The van der Waals surface area contributed by atoms with E-state index in [-0.39, 0.29) is 11.4 Å². The molecule has 0 aliphatic rings. The zero-order valence-corrected chi connectivity index (χ0v) is 16.6. The number of nitrogens with zero attached hydrogens (tertiary/aromatic N) is 1. The molecule has 0 saturated heterocycles. The van der Waals surface area contributed by atoms with Gasteiger partial charge in [0.15, 0.2) is 11.5 Å². The molecular weight excluding hydrogens is 346 g/mol. The van der Waals surface area contributed by atoms with Crippen molar-refractivity contribution >= 4 is 16.0 Å². The lowest BCUT2D eigenvalue weighted by molar-refractivity contribution is -0.155. The van der Waals surface area contributed by atoms with Gasteiger partial charge in [0.25, 0.3) is 0 Å². The van der Waals surface area contributed by atoms with E-state index in [4.69, 9.17) is 14.2 Å². The van der Waals surface area contributed by atoms with E-state index in [0.717, 1.165) is 4.31 Å². The van der Waals surface area contributed by atoms with Gasteiger partial charge in [-0.3, -0.25) is 4.79 Å². The van der Waals surface area contributed by atoms with E-state index < -0.39 is 27.6 Å². The summed E-state index contributed by atoms with van der Waals surface area (Å²) in [5.41, 5.74) is -0.688. The average molecular weight is 373 g/mol. The number of benzene rings is 1. The molecule has 0 aliphatic heterocycles. The summed E-state index contributed by atoms with van der Waals surface area (Å²) in [5.74, 6) is 0.111. The standard InChI is InChI=1S/C17H27NO6S/c1-12(2)18(11-16(19)24-17(3,4)5)25(20,21)13-8-9-14(22-6)15(10-13)23-7/h8-10,12H,11H2,1-7H3. The van der Waals surface area contributed by atoms with Gasteiger partial charge in [-0.25, -0.2) is 8.42 Å². The summed E-state index contributed by atoms with van der Waals surface area (Å²) in [5, 5.41) is 0. The van der Waals surface area contributed by atoms with Crippen LogP contribution in [0.4, 0.5) is 0 Å². The van der Waals surface area contributed by atoms with Crippen LogP contribution in [-0.4, -0.2) is 51.1 Å². The Hall–Kier alpha value is -1.80. The molecule has 0 radical (unpaired) electrons. The van der Waals surface area contributed by atoms with Crippen molar-refractivity contribution in [2.75, 3.05) is 20.8 Å². The highest BCUT2D eigenvalue weighted by Gasteiger charge is 2.31. The van der Waals surface area contributed by atoms with Gasteiger partial charge in [0, 0.05) is 12.1 Å². The smallest absolute Gasteiger partial charge is 0.321 e. The largest absolute Gasteiger partial charge is 0.493 e. The van der Waals surface area contributed by atoms with Crippen LogP contribution in [0.2, 0.25) is 0 Å². The van der Waals surface area contributed by atoms with Crippen LogP contribution >= 0.6 is 0 Å². The van der Waals surface area contributed by atoms with Crippen LogP contribution in [0, 0.1) is 0 Å². The molecule has 0 aromatic heterocycles. The predicted molar refractivity (Wildman–Crippen MR) is 94.4 cm³/mol. The Morgan fingerprint density at radius 2 is 1.68 bits per heavy atom. The monoisotopic (exact) mass is 373 g/mol. The Morgan fingerprint density at radius 1 is 1.12 bits per heavy atom. The summed E-state index contributed by atoms with van der Waals surface area (Å²) < 4.78 is 42.6. The third-order valence-electron chi connectivity index (χ3n) is 3.24. The molecule has 0 heterocycles. The third kappa shape index (κ3) is 5.61. The first-order chi connectivity index (χ1) is 11.4. The van der Waals surface area contributed by atoms with E-state index >= 15 is 0 Å². The van der Waals surface area contributed by atoms with E-state index in [1.54, 1.807) is 34.6 Å².